The molecule has 0 rings (SSSR count). The van der Waals surface area contributed by atoms with E-state index in [1.54, 1.807) is 6.92 Å². The van der Waals surface area contributed by atoms with Crippen molar-refractivity contribution in [2.45, 2.75) is 76.6 Å². The van der Waals surface area contributed by atoms with Crippen molar-refractivity contribution in [2.75, 3.05) is 12.4 Å². The van der Waals surface area contributed by atoms with Gasteiger partial charge in [0.15, 0.2) is 0 Å². The van der Waals surface area contributed by atoms with Gasteiger partial charge in [-0.15, -0.1) is 11.8 Å². The predicted octanol–water partition coefficient (Wildman–Crippen LogP) is 5.85. The van der Waals surface area contributed by atoms with Crippen molar-refractivity contribution in [3.05, 3.63) is 0 Å². The van der Waals surface area contributed by atoms with Crippen molar-refractivity contribution in [1.82, 2.24) is 0 Å². The maximum absolute atomic E-state index is 12.8. The highest BCUT2D eigenvalue weighted by Gasteiger charge is 2.56. The lowest BCUT2D eigenvalue weighted by molar-refractivity contribution is -0.284. The van der Waals surface area contributed by atoms with Crippen molar-refractivity contribution in [2.24, 2.45) is 5.92 Å². The number of rotatable bonds is 11. The number of esters is 1. The summed E-state index contributed by atoms with van der Waals surface area (Å²) in [6.45, 7) is 7.78. The minimum absolute atomic E-state index is 0.188. The second-order valence-corrected chi connectivity index (χ2v) is 8.08. The molecule has 0 spiro atoms. The largest absolute Gasteiger partial charge is 0.464 e. The summed E-state index contributed by atoms with van der Waals surface area (Å²) in [7, 11) is 0. The van der Waals surface area contributed by atoms with Crippen LogP contribution in [0, 0.1) is 5.92 Å². The molecule has 8 heteroatoms. The van der Waals surface area contributed by atoms with Crippen LogP contribution in [0.2, 0.25) is 0 Å². The molecule has 0 saturated heterocycles. The molecule has 0 aliphatic rings. The fourth-order valence-corrected chi connectivity index (χ4v) is 3.32. The van der Waals surface area contributed by atoms with E-state index in [2.05, 4.69) is 0 Å². The quantitative estimate of drug-likeness (QED) is 0.256. The Hall–Kier alpha value is -0.530. The summed E-state index contributed by atoms with van der Waals surface area (Å²) in [6, 6.07) is 0. The van der Waals surface area contributed by atoms with Gasteiger partial charge >= 0.3 is 18.1 Å². The summed E-state index contributed by atoms with van der Waals surface area (Å²) >= 11 is 1.27. The van der Waals surface area contributed by atoms with Gasteiger partial charge in [0, 0.05) is 6.42 Å². The highest BCUT2D eigenvalue weighted by molar-refractivity contribution is 8.01. The highest BCUT2D eigenvalue weighted by atomic mass is 32.2. The first-order chi connectivity index (χ1) is 10.9. The van der Waals surface area contributed by atoms with Crippen LogP contribution in [0.1, 0.15) is 59.8 Å². The summed E-state index contributed by atoms with van der Waals surface area (Å²) in [5, 5.41) is 0. The van der Waals surface area contributed by atoms with Crippen LogP contribution in [0.15, 0.2) is 0 Å². The summed E-state index contributed by atoms with van der Waals surface area (Å²) in [5.74, 6) is -4.47. The summed E-state index contributed by atoms with van der Waals surface area (Å²) in [6.07, 6.45) is -5.48. The Bertz CT molecular complexity index is 385. The third-order valence-electron chi connectivity index (χ3n) is 3.43. The van der Waals surface area contributed by atoms with Gasteiger partial charge in [0.05, 0.1) is 6.61 Å². The highest BCUT2D eigenvalue weighted by Crippen LogP contribution is 2.39. The van der Waals surface area contributed by atoms with E-state index in [1.807, 2.05) is 20.8 Å². The first kappa shape index (κ1) is 23.5. The maximum atomic E-state index is 12.8. The summed E-state index contributed by atoms with van der Waals surface area (Å²) < 4.78 is 66.3. The van der Waals surface area contributed by atoms with Crippen LogP contribution in [0.25, 0.3) is 0 Å². The second kappa shape index (κ2) is 9.82. The van der Waals surface area contributed by atoms with Crippen molar-refractivity contribution >= 4 is 17.7 Å². The molecule has 0 aliphatic carbocycles. The molecule has 0 aromatic heterocycles. The monoisotopic (exact) mass is 378 g/mol. The number of carbonyl (C=O) groups is 1. The Labute approximate surface area is 144 Å². The van der Waals surface area contributed by atoms with Crippen LogP contribution in [0.3, 0.4) is 0 Å². The fraction of sp³-hybridized carbons (Fsp3) is 0.938. The number of carbonyl (C=O) groups excluding carboxylic acids is 1. The fourth-order valence-electron chi connectivity index (χ4n) is 1.99. The molecule has 0 bridgehead atoms. The van der Waals surface area contributed by atoms with Crippen LogP contribution in [0.4, 0.5) is 22.0 Å². The molecule has 144 valence electrons. The lowest BCUT2D eigenvalue weighted by Gasteiger charge is -2.27. The van der Waals surface area contributed by atoms with E-state index in [0.29, 0.717) is 18.8 Å². The third kappa shape index (κ3) is 8.03. The van der Waals surface area contributed by atoms with Gasteiger partial charge in [-0.05, 0) is 37.9 Å². The lowest BCUT2D eigenvalue weighted by Crippen LogP contribution is -2.36. The smallest absolute Gasteiger partial charge is 0.453 e. The van der Waals surface area contributed by atoms with E-state index in [4.69, 9.17) is 4.74 Å². The Balaban J connectivity index is 4.38. The van der Waals surface area contributed by atoms with Gasteiger partial charge in [-0.2, -0.15) is 22.0 Å². The molecule has 0 saturated carbocycles. The standard InChI is InChI=1S/C16H27F5O2S/c1-5-8-14(4,13(22)23-11-12(2)3)24-10-7-6-9-15(17,18)16(19,20)21/h12H,5-11H2,1-4H3. The van der Waals surface area contributed by atoms with E-state index >= 15 is 0 Å². The molecule has 0 amide bonds. The van der Waals surface area contributed by atoms with Crippen LogP contribution >= 0.6 is 11.8 Å². The molecule has 0 fully saturated rings. The van der Waals surface area contributed by atoms with Crippen molar-refractivity contribution in [3.8, 4) is 0 Å². The van der Waals surface area contributed by atoms with Crippen LogP contribution in [-0.2, 0) is 9.53 Å². The SMILES string of the molecule is CCCC(C)(SCCCCC(F)(F)C(F)(F)F)C(=O)OCC(C)C. The van der Waals surface area contributed by atoms with E-state index in [0.717, 1.165) is 6.42 Å². The van der Waals surface area contributed by atoms with Gasteiger partial charge < -0.3 is 4.74 Å². The van der Waals surface area contributed by atoms with Gasteiger partial charge in [0.25, 0.3) is 0 Å². The topological polar surface area (TPSA) is 26.3 Å². The number of halogens is 5. The van der Waals surface area contributed by atoms with Crippen LogP contribution in [-0.4, -0.2) is 35.2 Å². The minimum atomic E-state index is -5.50. The zero-order chi connectivity index (χ0) is 19.0. The molecule has 0 aliphatic heterocycles. The molecule has 2 nitrogen and oxygen atoms in total. The van der Waals surface area contributed by atoms with Crippen molar-refractivity contribution < 1.29 is 31.5 Å². The van der Waals surface area contributed by atoms with Gasteiger partial charge in [-0.1, -0.05) is 27.2 Å². The number of unbranched alkanes of at least 4 members (excludes halogenated alkanes) is 1. The van der Waals surface area contributed by atoms with E-state index in [9.17, 15) is 26.7 Å². The Morgan fingerprint density at radius 2 is 1.67 bits per heavy atom. The number of hydrogen-bond donors (Lipinski definition) is 0. The predicted molar refractivity (Wildman–Crippen MR) is 86.4 cm³/mol. The van der Waals surface area contributed by atoms with Crippen LogP contribution in [0.5, 0.6) is 0 Å². The molecule has 0 radical (unpaired) electrons. The zero-order valence-corrected chi connectivity index (χ0v) is 15.5. The Morgan fingerprint density at radius 1 is 1.08 bits per heavy atom. The van der Waals surface area contributed by atoms with Crippen molar-refractivity contribution in [1.29, 1.82) is 0 Å². The van der Waals surface area contributed by atoms with E-state index in [-0.39, 0.29) is 24.7 Å². The summed E-state index contributed by atoms with van der Waals surface area (Å²) in [5.41, 5.74) is 0. The summed E-state index contributed by atoms with van der Waals surface area (Å²) in [4.78, 5) is 12.2. The second-order valence-electron chi connectivity index (χ2n) is 6.48. The van der Waals surface area contributed by atoms with Crippen molar-refractivity contribution in [3.63, 3.8) is 0 Å². The number of alkyl halides is 5. The van der Waals surface area contributed by atoms with E-state index in [1.165, 1.54) is 11.8 Å². The number of thioether (sulfide) groups is 1. The van der Waals surface area contributed by atoms with Gasteiger partial charge in [0.2, 0.25) is 0 Å². The molecule has 24 heavy (non-hydrogen) atoms. The molecule has 0 aromatic rings. The number of ether oxygens (including phenoxy) is 1. The van der Waals surface area contributed by atoms with Crippen LogP contribution < -0.4 is 0 Å². The molecule has 0 heterocycles. The maximum Gasteiger partial charge on any atom is 0.453 e. The first-order valence-corrected chi connectivity index (χ1v) is 9.10. The molecule has 1 atom stereocenters. The number of hydrogen-bond acceptors (Lipinski definition) is 3. The van der Waals surface area contributed by atoms with Gasteiger partial charge in [0.1, 0.15) is 4.75 Å². The minimum Gasteiger partial charge on any atom is -0.464 e. The first-order valence-electron chi connectivity index (χ1n) is 8.11. The molecule has 0 N–H and O–H groups in total. The van der Waals surface area contributed by atoms with Gasteiger partial charge in [-0.3, -0.25) is 4.79 Å². The Kier molecular flexibility index (Phi) is 9.61. The van der Waals surface area contributed by atoms with Gasteiger partial charge in [-0.25, -0.2) is 0 Å². The average Bonchev–Trinajstić information content (AvgIpc) is 2.43. The Morgan fingerprint density at radius 3 is 2.12 bits per heavy atom. The van der Waals surface area contributed by atoms with E-state index < -0.39 is 23.3 Å². The normalized spacial score (nSPS) is 15.4. The lowest BCUT2D eigenvalue weighted by atomic mass is 10.1. The molecular formula is C16H27F5O2S. The third-order valence-corrected chi connectivity index (χ3v) is 4.93. The molecule has 0 aromatic carbocycles. The zero-order valence-electron chi connectivity index (χ0n) is 14.6. The molecule has 1 unspecified atom stereocenters. The molecular weight excluding hydrogens is 351 g/mol. The average molecular weight is 378 g/mol.